The first-order chi connectivity index (χ1) is 20.5. The van der Waals surface area contributed by atoms with Crippen molar-refractivity contribution in [2.24, 2.45) is 5.92 Å². The first kappa shape index (κ1) is 26.1. The van der Waals surface area contributed by atoms with Gasteiger partial charge in [0.15, 0.2) is 0 Å². The van der Waals surface area contributed by atoms with Crippen molar-refractivity contribution in [3.63, 3.8) is 0 Å². The van der Waals surface area contributed by atoms with Crippen LogP contribution >= 0.6 is 0 Å². The average Bonchev–Trinajstić information content (AvgIpc) is 3.61. The predicted octanol–water partition coefficient (Wildman–Crippen LogP) is 8.19. The molecule has 0 radical (unpaired) electrons. The Balaban J connectivity index is 1.20. The number of pyridine rings is 2. The Morgan fingerprint density at radius 2 is 1.74 bits per heavy atom. The second-order valence-corrected chi connectivity index (χ2v) is 11.4. The van der Waals surface area contributed by atoms with Gasteiger partial charge in [-0.15, -0.1) is 0 Å². The van der Waals surface area contributed by atoms with E-state index < -0.39 is 0 Å². The van der Waals surface area contributed by atoms with Crippen LogP contribution in [0.5, 0.6) is 0 Å². The molecule has 1 aliphatic rings. The molecule has 2 aromatic carbocycles. The maximum absolute atomic E-state index is 14.2. The summed E-state index contributed by atoms with van der Waals surface area (Å²) in [5.74, 6) is 0.256. The molecule has 7 rings (SSSR count). The summed E-state index contributed by atoms with van der Waals surface area (Å²) in [5, 5.41) is 12.7. The molecule has 3 N–H and O–H groups in total. The Morgan fingerprint density at radius 1 is 0.881 bits per heavy atom. The third kappa shape index (κ3) is 5.16. The molecule has 0 bridgehead atoms. The van der Waals surface area contributed by atoms with E-state index in [1.807, 2.05) is 37.3 Å². The molecule has 4 aromatic heterocycles. The number of nitrogens with zero attached hydrogens (tertiary/aromatic N) is 3. The number of hydrogen-bond acceptors (Lipinski definition) is 4. The number of hydrogen-bond donors (Lipinski definition) is 3. The van der Waals surface area contributed by atoms with Gasteiger partial charge in [-0.2, -0.15) is 5.10 Å². The van der Waals surface area contributed by atoms with Gasteiger partial charge in [-0.05, 0) is 78.8 Å². The lowest BCUT2D eigenvalue weighted by molar-refractivity contribution is -0.117. The van der Waals surface area contributed by atoms with E-state index in [1.54, 1.807) is 24.8 Å². The normalized spacial score (nSPS) is 14.0. The molecular weight excluding hydrogens is 527 g/mol. The first-order valence-electron chi connectivity index (χ1n) is 14.5. The molecule has 1 fully saturated rings. The maximum atomic E-state index is 14.2. The molecule has 4 heterocycles. The number of carbonyl (C=O) groups is 1. The fourth-order valence-electron chi connectivity index (χ4n) is 6.23. The smallest absolute Gasteiger partial charge is 0.224 e. The molecule has 6 aromatic rings. The highest BCUT2D eigenvalue weighted by atomic mass is 19.1. The van der Waals surface area contributed by atoms with Crippen LogP contribution in [0.4, 0.5) is 10.1 Å². The van der Waals surface area contributed by atoms with Crippen LogP contribution < -0.4 is 5.32 Å². The fraction of sp³-hybridized carbons (Fsp3) is 0.235. The SMILES string of the molecule is Cc1cc(F)cc(-c2cncc3[nH]c(-c4n[nH]c5ccc(-c6cncc(NC(=O)CC7CCCCC7)c6)cc45)cc23)c1. The van der Waals surface area contributed by atoms with Crippen LogP contribution in [-0.2, 0) is 4.79 Å². The first-order valence-corrected chi connectivity index (χ1v) is 14.5. The van der Waals surface area contributed by atoms with Crippen LogP contribution in [0.25, 0.3) is 55.4 Å². The predicted molar refractivity (Wildman–Crippen MR) is 164 cm³/mol. The van der Waals surface area contributed by atoms with E-state index in [1.165, 1.54) is 31.4 Å². The average molecular weight is 559 g/mol. The summed E-state index contributed by atoms with van der Waals surface area (Å²) >= 11 is 0. The maximum Gasteiger partial charge on any atom is 0.224 e. The summed E-state index contributed by atoms with van der Waals surface area (Å²) < 4.78 is 14.2. The molecule has 0 atom stereocenters. The molecule has 42 heavy (non-hydrogen) atoms. The number of H-pyrrole nitrogens is 2. The molecular formula is C34H31FN6O. The van der Waals surface area contributed by atoms with E-state index in [0.29, 0.717) is 18.0 Å². The second kappa shape index (κ2) is 10.9. The third-order valence-electron chi connectivity index (χ3n) is 8.27. The number of rotatable bonds is 6. The van der Waals surface area contributed by atoms with E-state index in [9.17, 15) is 9.18 Å². The number of fused-ring (bicyclic) bond motifs is 2. The quantitative estimate of drug-likeness (QED) is 0.192. The number of amides is 1. The highest BCUT2D eigenvalue weighted by Gasteiger charge is 2.18. The number of benzene rings is 2. The van der Waals surface area contributed by atoms with Crippen LogP contribution in [0.1, 0.15) is 44.1 Å². The molecule has 1 saturated carbocycles. The third-order valence-corrected chi connectivity index (χ3v) is 8.27. The Kier molecular flexibility index (Phi) is 6.74. The minimum absolute atomic E-state index is 0.0505. The molecule has 0 saturated heterocycles. The molecule has 1 amide bonds. The lowest BCUT2D eigenvalue weighted by Gasteiger charge is -2.20. The van der Waals surface area contributed by atoms with Gasteiger partial charge in [0.2, 0.25) is 5.91 Å². The van der Waals surface area contributed by atoms with Crippen molar-refractivity contribution in [1.29, 1.82) is 0 Å². The summed E-state index contributed by atoms with van der Waals surface area (Å²) in [5.41, 5.74) is 8.41. The Hall–Kier alpha value is -4.85. The zero-order valence-corrected chi connectivity index (χ0v) is 23.4. The highest BCUT2D eigenvalue weighted by molar-refractivity contribution is 6.01. The lowest BCUT2D eigenvalue weighted by Crippen LogP contribution is -2.18. The van der Waals surface area contributed by atoms with Crippen molar-refractivity contribution >= 4 is 33.4 Å². The highest BCUT2D eigenvalue weighted by Crippen LogP contribution is 2.35. The minimum atomic E-state index is -0.272. The van der Waals surface area contributed by atoms with Gasteiger partial charge in [-0.25, -0.2) is 4.39 Å². The van der Waals surface area contributed by atoms with Crippen molar-refractivity contribution in [2.45, 2.75) is 45.4 Å². The van der Waals surface area contributed by atoms with E-state index in [0.717, 1.165) is 73.9 Å². The van der Waals surface area contributed by atoms with Gasteiger partial charge in [0.25, 0.3) is 0 Å². The van der Waals surface area contributed by atoms with Crippen LogP contribution in [0.3, 0.4) is 0 Å². The molecule has 7 nitrogen and oxygen atoms in total. The number of anilines is 1. The molecule has 0 unspecified atom stereocenters. The molecule has 0 aliphatic heterocycles. The zero-order valence-electron chi connectivity index (χ0n) is 23.4. The molecule has 0 spiro atoms. The van der Waals surface area contributed by atoms with Crippen LogP contribution in [0.15, 0.2) is 73.3 Å². The van der Waals surface area contributed by atoms with Gasteiger partial charge in [0.05, 0.1) is 34.8 Å². The van der Waals surface area contributed by atoms with E-state index >= 15 is 0 Å². The van der Waals surface area contributed by atoms with Crippen molar-refractivity contribution < 1.29 is 9.18 Å². The zero-order chi connectivity index (χ0) is 28.6. The van der Waals surface area contributed by atoms with Gasteiger partial charge < -0.3 is 10.3 Å². The standard InChI is InChI=1S/C34H31FN6O/c1-20-9-23(12-25(35)10-20)29-18-37-19-32-27(29)15-31(39-32)34-28-14-22(7-8-30(28)40-41-34)24-13-26(17-36-16-24)38-33(42)11-21-5-3-2-4-6-21/h7-10,12-19,21,39H,2-6,11H2,1H3,(H,38,42)(H,40,41). The van der Waals surface area contributed by atoms with Crippen molar-refractivity contribution in [3.8, 4) is 33.6 Å². The van der Waals surface area contributed by atoms with Gasteiger partial charge >= 0.3 is 0 Å². The Labute approximate surface area is 242 Å². The van der Waals surface area contributed by atoms with Gasteiger partial charge in [0, 0.05) is 40.7 Å². The van der Waals surface area contributed by atoms with Crippen molar-refractivity contribution in [3.05, 3.63) is 84.7 Å². The van der Waals surface area contributed by atoms with Crippen molar-refractivity contribution in [1.82, 2.24) is 25.1 Å². The molecule has 1 aliphatic carbocycles. The van der Waals surface area contributed by atoms with E-state index in [2.05, 4.69) is 36.5 Å². The Bertz CT molecular complexity index is 1910. The van der Waals surface area contributed by atoms with Crippen molar-refractivity contribution in [2.75, 3.05) is 5.32 Å². The number of aromatic nitrogens is 5. The summed E-state index contributed by atoms with van der Waals surface area (Å²) in [6.45, 7) is 1.88. The number of nitrogens with one attached hydrogen (secondary N) is 3. The topological polar surface area (TPSA) is 99.3 Å². The summed E-state index contributed by atoms with van der Waals surface area (Å²) in [4.78, 5) is 25.0. The largest absolute Gasteiger partial charge is 0.352 e. The minimum Gasteiger partial charge on any atom is -0.352 e. The fourth-order valence-corrected chi connectivity index (χ4v) is 6.23. The van der Waals surface area contributed by atoms with Crippen LogP contribution in [-0.4, -0.2) is 31.1 Å². The van der Waals surface area contributed by atoms with Gasteiger partial charge in [-0.1, -0.05) is 31.4 Å². The van der Waals surface area contributed by atoms with E-state index in [4.69, 9.17) is 0 Å². The number of halogens is 1. The summed E-state index contributed by atoms with van der Waals surface area (Å²) in [7, 11) is 0. The monoisotopic (exact) mass is 558 g/mol. The van der Waals surface area contributed by atoms with Gasteiger partial charge in [-0.3, -0.25) is 19.9 Å². The van der Waals surface area contributed by atoms with Crippen LogP contribution in [0, 0.1) is 18.7 Å². The number of aromatic amines is 2. The summed E-state index contributed by atoms with van der Waals surface area (Å²) in [6.07, 6.45) is 13.6. The number of aryl methyl sites for hydroxylation is 1. The Morgan fingerprint density at radius 3 is 2.60 bits per heavy atom. The number of carbonyl (C=O) groups excluding carboxylic acids is 1. The lowest BCUT2D eigenvalue weighted by atomic mass is 9.87. The van der Waals surface area contributed by atoms with Gasteiger partial charge in [0.1, 0.15) is 11.5 Å². The molecule has 8 heteroatoms. The summed E-state index contributed by atoms with van der Waals surface area (Å²) in [6, 6.07) is 15.1. The second-order valence-electron chi connectivity index (χ2n) is 11.4. The van der Waals surface area contributed by atoms with E-state index in [-0.39, 0.29) is 11.7 Å². The van der Waals surface area contributed by atoms with Crippen LogP contribution in [0.2, 0.25) is 0 Å². The molecule has 210 valence electrons.